The monoisotopic (exact) mass is 500 g/mol. The van der Waals surface area contributed by atoms with Crippen LogP contribution in [-0.2, 0) is 25.5 Å². The third-order valence-electron chi connectivity index (χ3n) is 5.92. The molecule has 196 valence electrons. The van der Waals surface area contributed by atoms with Gasteiger partial charge in [0, 0.05) is 32.7 Å². The fraction of sp³-hybridized carbons (Fsp3) is 0.615. The van der Waals surface area contributed by atoms with Crippen molar-refractivity contribution < 1.29 is 28.5 Å². The SMILES string of the molecule is COCCCOc1nc(CN(C(=O)C2CN(C(=O)OC(C)(C)C)CCO2)C2CC2)nc2ccccc12. The molecule has 1 atom stereocenters. The number of amides is 2. The topological polar surface area (TPSA) is 103 Å². The average molecular weight is 501 g/mol. The summed E-state index contributed by atoms with van der Waals surface area (Å²) in [5.41, 5.74) is 0.156. The smallest absolute Gasteiger partial charge is 0.410 e. The molecule has 0 bridgehead atoms. The molecule has 1 aromatic carbocycles. The largest absolute Gasteiger partial charge is 0.477 e. The van der Waals surface area contributed by atoms with Crippen molar-refractivity contribution in [3.63, 3.8) is 0 Å². The van der Waals surface area contributed by atoms with Crippen LogP contribution in [0.2, 0.25) is 0 Å². The molecule has 1 aliphatic carbocycles. The normalized spacial score (nSPS) is 18.2. The number of ether oxygens (including phenoxy) is 4. The Balaban J connectivity index is 1.49. The van der Waals surface area contributed by atoms with Crippen molar-refractivity contribution in [2.24, 2.45) is 0 Å². The predicted octanol–water partition coefficient (Wildman–Crippen LogP) is 3.17. The number of carbonyl (C=O) groups excluding carboxylic acids is 2. The van der Waals surface area contributed by atoms with Gasteiger partial charge in [-0.1, -0.05) is 12.1 Å². The van der Waals surface area contributed by atoms with Crippen LogP contribution in [-0.4, -0.2) is 89.5 Å². The van der Waals surface area contributed by atoms with E-state index in [2.05, 4.69) is 4.98 Å². The molecule has 1 aliphatic heterocycles. The first-order valence-electron chi connectivity index (χ1n) is 12.5. The average Bonchev–Trinajstić information content (AvgIpc) is 3.69. The first-order valence-corrected chi connectivity index (χ1v) is 12.5. The zero-order valence-electron chi connectivity index (χ0n) is 21.6. The lowest BCUT2D eigenvalue weighted by Crippen LogP contribution is -2.53. The van der Waals surface area contributed by atoms with Crippen LogP contribution in [0.4, 0.5) is 4.79 Å². The Labute approximate surface area is 211 Å². The van der Waals surface area contributed by atoms with Gasteiger partial charge in [0.25, 0.3) is 5.91 Å². The fourth-order valence-electron chi connectivity index (χ4n) is 4.05. The lowest BCUT2D eigenvalue weighted by molar-refractivity contribution is -0.150. The summed E-state index contributed by atoms with van der Waals surface area (Å²) in [6.07, 6.45) is 1.39. The van der Waals surface area contributed by atoms with Crippen molar-refractivity contribution in [1.82, 2.24) is 19.8 Å². The maximum absolute atomic E-state index is 13.6. The summed E-state index contributed by atoms with van der Waals surface area (Å²) >= 11 is 0. The second-order valence-corrected chi connectivity index (χ2v) is 10.1. The van der Waals surface area contributed by atoms with Crippen molar-refractivity contribution in [1.29, 1.82) is 0 Å². The molecule has 2 amide bonds. The predicted molar refractivity (Wildman–Crippen MR) is 133 cm³/mol. The molecule has 4 rings (SSSR count). The van der Waals surface area contributed by atoms with Gasteiger partial charge in [-0.3, -0.25) is 4.79 Å². The van der Waals surface area contributed by atoms with Gasteiger partial charge in [-0.05, 0) is 45.7 Å². The summed E-state index contributed by atoms with van der Waals surface area (Å²) in [6, 6.07) is 7.78. The van der Waals surface area contributed by atoms with E-state index in [9.17, 15) is 9.59 Å². The van der Waals surface area contributed by atoms with E-state index in [1.165, 1.54) is 0 Å². The van der Waals surface area contributed by atoms with Gasteiger partial charge in [0.2, 0.25) is 5.88 Å². The van der Waals surface area contributed by atoms with E-state index in [1.54, 1.807) is 16.9 Å². The third kappa shape index (κ3) is 6.82. The molecule has 1 saturated carbocycles. The Morgan fingerprint density at radius 2 is 1.94 bits per heavy atom. The molecule has 2 aromatic rings. The number of aromatic nitrogens is 2. The van der Waals surface area contributed by atoms with Crippen molar-refractivity contribution in [3.8, 4) is 5.88 Å². The highest BCUT2D eigenvalue weighted by molar-refractivity contribution is 5.84. The molecule has 0 radical (unpaired) electrons. The lowest BCUT2D eigenvalue weighted by Gasteiger charge is -2.35. The van der Waals surface area contributed by atoms with Gasteiger partial charge in [0.1, 0.15) is 5.60 Å². The van der Waals surface area contributed by atoms with Gasteiger partial charge >= 0.3 is 6.09 Å². The highest BCUT2D eigenvalue weighted by atomic mass is 16.6. The van der Waals surface area contributed by atoms with E-state index < -0.39 is 17.8 Å². The molecular weight excluding hydrogens is 464 g/mol. The molecule has 10 heteroatoms. The second kappa shape index (κ2) is 11.4. The van der Waals surface area contributed by atoms with Crippen LogP contribution in [0.15, 0.2) is 24.3 Å². The molecule has 10 nitrogen and oxygen atoms in total. The molecule has 1 unspecified atom stereocenters. The van der Waals surface area contributed by atoms with E-state index in [4.69, 9.17) is 23.9 Å². The van der Waals surface area contributed by atoms with Crippen molar-refractivity contribution in [2.45, 2.75) is 64.3 Å². The third-order valence-corrected chi connectivity index (χ3v) is 5.92. The second-order valence-electron chi connectivity index (χ2n) is 10.1. The summed E-state index contributed by atoms with van der Waals surface area (Å²) in [5.74, 6) is 0.848. The molecular formula is C26H36N4O6. The van der Waals surface area contributed by atoms with Crippen LogP contribution in [0, 0.1) is 0 Å². The minimum atomic E-state index is -0.753. The van der Waals surface area contributed by atoms with Gasteiger partial charge in [-0.15, -0.1) is 0 Å². The molecule has 2 aliphatic rings. The zero-order valence-corrected chi connectivity index (χ0v) is 21.6. The number of hydrogen-bond acceptors (Lipinski definition) is 8. The van der Waals surface area contributed by atoms with E-state index in [0.29, 0.717) is 31.5 Å². The Morgan fingerprint density at radius 3 is 2.67 bits per heavy atom. The number of methoxy groups -OCH3 is 1. The summed E-state index contributed by atoms with van der Waals surface area (Å²) in [6.45, 7) is 7.60. The van der Waals surface area contributed by atoms with Crippen molar-refractivity contribution in [3.05, 3.63) is 30.1 Å². The number of fused-ring (bicyclic) bond motifs is 1. The van der Waals surface area contributed by atoms with E-state index in [-0.39, 0.29) is 31.6 Å². The number of rotatable bonds is 9. The zero-order chi connectivity index (χ0) is 25.7. The fourth-order valence-corrected chi connectivity index (χ4v) is 4.05. The number of benzene rings is 1. The summed E-state index contributed by atoms with van der Waals surface area (Å²) in [7, 11) is 1.66. The van der Waals surface area contributed by atoms with Crippen LogP contribution in [0.1, 0.15) is 45.9 Å². The van der Waals surface area contributed by atoms with Gasteiger partial charge in [-0.2, -0.15) is 4.98 Å². The Morgan fingerprint density at radius 1 is 1.17 bits per heavy atom. The quantitative estimate of drug-likeness (QED) is 0.484. The van der Waals surface area contributed by atoms with Gasteiger partial charge < -0.3 is 28.7 Å². The maximum atomic E-state index is 13.6. The Bertz CT molecular complexity index is 1070. The van der Waals surface area contributed by atoms with Crippen molar-refractivity contribution >= 4 is 22.9 Å². The van der Waals surface area contributed by atoms with Crippen LogP contribution in [0.5, 0.6) is 5.88 Å². The summed E-state index contributed by atoms with van der Waals surface area (Å²) < 4.78 is 22.4. The Kier molecular flexibility index (Phi) is 8.25. The molecule has 1 aromatic heterocycles. The minimum absolute atomic E-state index is 0.110. The first kappa shape index (κ1) is 26.1. The van der Waals surface area contributed by atoms with Crippen LogP contribution in [0.3, 0.4) is 0 Å². The molecule has 2 fully saturated rings. The maximum Gasteiger partial charge on any atom is 0.410 e. The lowest BCUT2D eigenvalue weighted by atomic mass is 10.2. The summed E-state index contributed by atoms with van der Waals surface area (Å²) in [4.78, 5) is 38.8. The molecule has 1 saturated heterocycles. The molecule has 0 N–H and O–H groups in total. The van der Waals surface area contributed by atoms with Gasteiger partial charge in [0.15, 0.2) is 11.9 Å². The number of morpholine rings is 1. The first-order chi connectivity index (χ1) is 17.2. The van der Waals surface area contributed by atoms with E-state index in [1.807, 2.05) is 45.0 Å². The highest BCUT2D eigenvalue weighted by Gasteiger charge is 2.40. The number of carbonyl (C=O) groups is 2. The highest BCUT2D eigenvalue weighted by Crippen LogP contribution is 2.30. The number of hydrogen-bond donors (Lipinski definition) is 0. The minimum Gasteiger partial charge on any atom is -0.477 e. The van der Waals surface area contributed by atoms with Gasteiger partial charge in [-0.25, -0.2) is 9.78 Å². The van der Waals surface area contributed by atoms with Crippen molar-refractivity contribution in [2.75, 3.05) is 40.0 Å². The van der Waals surface area contributed by atoms with Crippen LogP contribution < -0.4 is 4.74 Å². The number of para-hydroxylation sites is 1. The standard InChI is InChI=1S/C26H36N4O6/c1-26(2,3)36-25(32)29-12-15-34-21(16-29)24(31)30(18-10-11-18)17-22-27-20-9-6-5-8-19(20)23(28-22)35-14-7-13-33-4/h5-6,8-9,18,21H,7,10-17H2,1-4H3. The van der Waals surface area contributed by atoms with E-state index >= 15 is 0 Å². The van der Waals surface area contributed by atoms with Crippen LogP contribution in [0.25, 0.3) is 10.9 Å². The van der Waals surface area contributed by atoms with Gasteiger partial charge in [0.05, 0.1) is 37.2 Å². The molecule has 2 heterocycles. The van der Waals surface area contributed by atoms with E-state index in [0.717, 1.165) is 30.2 Å². The van der Waals surface area contributed by atoms with Crippen LogP contribution >= 0.6 is 0 Å². The molecule has 0 spiro atoms. The number of nitrogens with zero attached hydrogens (tertiary/aromatic N) is 4. The summed E-state index contributed by atoms with van der Waals surface area (Å²) in [5, 5.41) is 0.826. The Hall–Kier alpha value is -2.98. The molecule has 36 heavy (non-hydrogen) atoms.